The first-order valence-corrected chi connectivity index (χ1v) is 13.5. The molecule has 0 radical (unpaired) electrons. The Morgan fingerprint density at radius 2 is 1.97 bits per heavy atom. The van der Waals surface area contributed by atoms with Crippen LogP contribution in [0.3, 0.4) is 0 Å². The zero-order valence-corrected chi connectivity index (χ0v) is 18.9. The van der Waals surface area contributed by atoms with E-state index in [-0.39, 0.29) is 17.3 Å². The van der Waals surface area contributed by atoms with Crippen LogP contribution in [0.5, 0.6) is 0 Å². The molecule has 0 aromatic carbocycles. The lowest BCUT2D eigenvalue weighted by Crippen LogP contribution is -2.39. The number of fused-ring (bicyclic) bond motifs is 6. The number of carbonyl (C=O) groups is 1. The van der Waals surface area contributed by atoms with E-state index in [0.717, 1.165) is 42.8 Å². The number of thiazole rings is 1. The highest BCUT2D eigenvalue weighted by atomic mass is 32.2. The Labute approximate surface area is 183 Å². The molecule has 2 aromatic rings. The van der Waals surface area contributed by atoms with Gasteiger partial charge in [-0.3, -0.25) is 14.2 Å². The van der Waals surface area contributed by atoms with Crippen molar-refractivity contribution in [3.63, 3.8) is 0 Å². The van der Waals surface area contributed by atoms with E-state index in [4.69, 9.17) is 0 Å². The molecule has 2 aliphatic carbocycles. The number of likely N-dealkylation sites (tertiary alicyclic amines) is 1. The average molecular weight is 447 g/mol. The fourth-order valence-corrected chi connectivity index (χ4v) is 10.4. The largest absolute Gasteiger partial charge is 0.341 e. The third-order valence-corrected chi connectivity index (χ3v) is 11.3. The third kappa shape index (κ3) is 2.99. The Bertz CT molecular complexity index is 973. The molecular formula is C22H26N2O2S3. The highest BCUT2D eigenvalue weighted by Gasteiger charge is 2.55. The normalized spacial score (nSPS) is 33.0. The molecule has 154 valence electrons. The topological polar surface area (TPSA) is 42.3 Å². The van der Waals surface area contributed by atoms with Gasteiger partial charge in [-0.1, -0.05) is 17.4 Å². The first kappa shape index (κ1) is 18.7. The SMILES string of the molecule is O=C(Cn1c2c(sc1=O)[C@H](c1cccs1)C1C3CCC(C3)C1S2)N1CCCCC1. The monoisotopic (exact) mass is 446 g/mol. The minimum absolute atomic E-state index is 0.0572. The lowest BCUT2D eigenvalue weighted by atomic mass is 9.77. The van der Waals surface area contributed by atoms with Gasteiger partial charge in [-0.25, -0.2) is 0 Å². The lowest BCUT2D eigenvalue weighted by molar-refractivity contribution is -0.132. The van der Waals surface area contributed by atoms with E-state index in [1.807, 2.05) is 32.6 Å². The standard InChI is InChI=1S/C22H26N2O2S3/c25-16(23-8-2-1-3-9-23)12-24-21-20(29-22(24)26)18(15-5-4-10-27-15)17-13-6-7-14(11-13)19(17)28-21/h4-5,10,13-14,17-19H,1-3,6-9,11-12H2/t13?,14?,17?,18-,19?/m1/s1. The molecule has 1 saturated heterocycles. The highest BCUT2D eigenvalue weighted by molar-refractivity contribution is 8.00. The first-order chi connectivity index (χ1) is 14.2. The Hall–Kier alpha value is -1.05. The van der Waals surface area contributed by atoms with Crippen LogP contribution in [0.1, 0.15) is 54.2 Å². The van der Waals surface area contributed by atoms with Crippen LogP contribution in [0.2, 0.25) is 0 Å². The molecule has 0 N–H and O–H groups in total. The number of piperidine rings is 1. The van der Waals surface area contributed by atoms with Gasteiger partial charge in [-0.2, -0.15) is 0 Å². The first-order valence-electron chi connectivity index (χ1n) is 10.9. The van der Waals surface area contributed by atoms with Crippen molar-refractivity contribution in [2.24, 2.45) is 17.8 Å². The number of amides is 1. The molecule has 29 heavy (non-hydrogen) atoms. The predicted octanol–water partition coefficient (Wildman–Crippen LogP) is 4.64. The Morgan fingerprint density at radius 1 is 1.14 bits per heavy atom. The Kier molecular flexibility index (Phi) is 4.69. The van der Waals surface area contributed by atoms with Crippen molar-refractivity contribution in [1.29, 1.82) is 0 Å². The molecule has 2 bridgehead atoms. The number of rotatable bonds is 3. The quantitative estimate of drug-likeness (QED) is 0.690. The van der Waals surface area contributed by atoms with Crippen LogP contribution in [-0.2, 0) is 11.3 Å². The number of aromatic nitrogens is 1. The summed E-state index contributed by atoms with van der Waals surface area (Å²) in [4.78, 5) is 30.6. The summed E-state index contributed by atoms with van der Waals surface area (Å²) in [5, 5.41) is 3.88. The van der Waals surface area contributed by atoms with Crippen LogP contribution in [-0.4, -0.2) is 33.7 Å². The summed E-state index contributed by atoms with van der Waals surface area (Å²) in [5.41, 5.74) is 0. The number of hydrogen-bond acceptors (Lipinski definition) is 5. The predicted molar refractivity (Wildman–Crippen MR) is 119 cm³/mol. The molecule has 5 atom stereocenters. The number of nitrogens with zero attached hydrogens (tertiary/aromatic N) is 2. The molecule has 0 spiro atoms. The summed E-state index contributed by atoms with van der Waals surface area (Å²) in [6, 6.07) is 4.40. The van der Waals surface area contributed by atoms with Gasteiger partial charge in [0.05, 0.1) is 5.03 Å². The van der Waals surface area contributed by atoms with Crippen molar-refractivity contribution in [3.8, 4) is 0 Å². The molecule has 2 aliphatic heterocycles. The zero-order valence-electron chi connectivity index (χ0n) is 16.4. The average Bonchev–Trinajstić information content (AvgIpc) is 3.53. The van der Waals surface area contributed by atoms with Gasteiger partial charge < -0.3 is 4.90 Å². The maximum atomic E-state index is 13.0. The smallest absolute Gasteiger partial charge is 0.308 e. The minimum atomic E-state index is 0.0572. The van der Waals surface area contributed by atoms with Crippen molar-refractivity contribution in [3.05, 3.63) is 36.9 Å². The summed E-state index contributed by atoms with van der Waals surface area (Å²) in [6.07, 6.45) is 7.44. The maximum Gasteiger partial charge on any atom is 0.308 e. The van der Waals surface area contributed by atoms with Crippen molar-refractivity contribution >= 4 is 40.3 Å². The third-order valence-electron chi connectivity index (χ3n) is 7.54. The zero-order chi connectivity index (χ0) is 19.5. The number of carbonyl (C=O) groups excluding carboxylic acids is 1. The fraction of sp³-hybridized carbons (Fsp3) is 0.636. The molecule has 4 unspecified atom stereocenters. The fourth-order valence-electron chi connectivity index (χ4n) is 6.25. The van der Waals surface area contributed by atoms with Gasteiger partial charge in [-0.15, -0.1) is 23.1 Å². The summed E-state index contributed by atoms with van der Waals surface area (Å²) in [7, 11) is 0. The van der Waals surface area contributed by atoms with E-state index in [2.05, 4.69) is 17.5 Å². The number of thiophene rings is 1. The molecule has 4 heterocycles. The van der Waals surface area contributed by atoms with E-state index in [1.165, 1.54) is 46.8 Å². The molecule has 4 nitrogen and oxygen atoms in total. The molecule has 2 saturated carbocycles. The van der Waals surface area contributed by atoms with E-state index in [0.29, 0.717) is 17.1 Å². The maximum absolute atomic E-state index is 13.0. The second-order valence-electron chi connectivity index (χ2n) is 9.05. The van der Waals surface area contributed by atoms with Crippen LogP contribution in [0, 0.1) is 17.8 Å². The van der Waals surface area contributed by atoms with Gasteiger partial charge in [0.15, 0.2) is 0 Å². The summed E-state index contributed by atoms with van der Waals surface area (Å²) >= 11 is 5.18. The van der Waals surface area contributed by atoms with Crippen LogP contribution in [0.4, 0.5) is 0 Å². The van der Waals surface area contributed by atoms with Gasteiger partial charge >= 0.3 is 4.87 Å². The van der Waals surface area contributed by atoms with Gasteiger partial charge in [0.2, 0.25) is 5.91 Å². The molecule has 4 aliphatic rings. The van der Waals surface area contributed by atoms with E-state index in [1.54, 1.807) is 0 Å². The molecule has 3 fully saturated rings. The van der Waals surface area contributed by atoms with E-state index >= 15 is 0 Å². The van der Waals surface area contributed by atoms with Crippen LogP contribution in [0.25, 0.3) is 0 Å². The molecular weight excluding hydrogens is 420 g/mol. The second kappa shape index (κ2) is 7.27. The summed E-state index contributed by atoms with van der Waals surface area (Å²) < 4.78 is 1.82. The molecule has 1 amide bonds. The summed E-state index contributed by atoms with van der Waals surface area (Å²) in [6.45, 7) is 1.92. The highest BCUT2D eigenvalue weighted by Crippen LogP contribution is 2.64. The Morgan fingerprint density at radius 3 is 2.76 bits per heavy atom. The number of thioether (sulfide) groups is 1. The van der Waals surface area contributed by atoms with Gasteiger partial charge in [0.1, 0.15) is 6.54 Å². The van der Waals surface area contributed by atoms with E-state index in [9.17, 15) is 9.59 Å². The van der Waals surface area contributed by atoms with Crippen LogP contribution >= 0.6 is 34.4 Å². The lowest BCUT2D eigenvalue weighted by Gasteiger charge is -2.40. The second-order valence-corrected chi connectivity index (χ2v) is 12.2. The molecule has 2 aromatic heterocycles. The molecule has 6 rings (SSSR count). The number of hydrogen-bond donors (Lipinski definition) is 0. The van der Waals surface area contributed by atoms with E-state index < -0.39 is 0 Å². The van der Waals surface area contributed by atoms with Gasteiger partial charge in [-0.05, 0) is 67.7 Å². The van der Waals surface area contributed by atoms with Crippen molar-refractivity contribution in [1.82, 2.24) is 9.47 Å². The van der Waals surface area contributed by atoms with Crippen LogP contribution < -0.4 is 4.87 Å². The summed E-state index contributed by atoms with van der Waals surface area (Å²) in [5.74, 6) is 2.73. The molecule has 7 heteroatoms. The van der Waals surface area contributed by atoms with Gasteiger partial charge in [0.25, 0.3) is 0 Å². The Balaban J connectivity index is 1.39. The van der Waals surface area contributed by atoms with Crippen molar-refractivity contribution in [2.45, 2.75) is 61.3 Å². The van der Waals surface area contributed by atoms with Gasteiger partial charge in [0, 0.05) is 34.0 Å². The minimum Gasteiger partial charge on any atom is -0.341 e. The van der Waals surface area contributed by atoms with Crippen molar-refractivity contribution < 1.29 is 4.79 Å². The van der Waals surface area contributed by atoms with Crippen molar-refractivity contribution in [2.75, 3.05) is 13.1 Å². The van der Waals surface area contributed by atoms with Crippen LogP contribution in [0.15, 0.2) is 27.3 Å².